The molecule has 1 saturated heterocycles. The molecule has 2 aromatic heterocycles. The minimum absolute atomic E-state index is 0.0536. The summed E-state index contributed by atoms with van der Waals surface area (Å²) in [5, 5.41) is 4.67. The Morgan fingerprint density at radius 2 is 2.14 bits per heavy atom. The predicted octanol–water partition coefficient (Wildman–Crippen LogP) is 1.71. The van der Waals surface area contributed by atoms with Crippen LogP contribution in [-0.2, 0) is 11.3 Å². The lowest BCUT2D eigenvalue weighted by molar-refractivity contribution is -0.136. The molecule has 1 aliphatic rings. The Labute approximate surface area is 167 Å². The summed E-state index contributed by atoms with van der Waals surface area (Å²) < 4.78 is 21.1. The number of hydrogen-bond donors (Lipinski definition) is 1. The number of fused-ring (bicyclic) bond motifs is 1. The van der Waals surface area contributed by atoms with Gasteiger partial charge in [0.15, 0.2) is 23.3 Å². The van der Waals surface area contributed by atoms with Gasteiger partial charge in [-0.25, -0.2) is 19.0 Å². The Kier molecular flexibility index (Phi) is 5.39. The highest BCUT2D eigenvalue weighted by atomic mass is 19.1. The van der Waals surface area contributed by atoms with Crippen LogP contribution in [0.1, 0.15) is 25.0 Å². The van der Waals surface area contributed by atoms with Gasteiger partial charge in [0.2, 0.25) is 0 Å². The van der Waals surface area contributed by atoms with Gasteiger partial charge in [-0.15, -0.1) is 0 Å². The molecule has 0 unspecified atom stereocenters. The summed E-state index contributed by atoms with van der Waals surface area (Å²) in [7, 11) is 0. The number of carbonyl (C=O) groups excluding carboxylic acids is 1. The molecule has 29 heavy (non-hydrogen) atoms. The first-order chi connectivity index (χ1) is 14.1. The molecule has 0 radical (unpaired) electrons. The van der Waals surface area contributed by atoms with Crippen molar-refractivity contribution in [1.29, 1.82) is 0 Å². The first-order valence-electron chi connectivity index (χ1n) is 9.66. The van der Waals surface area contributed by atoms with Gasteiger partial charge in [-0.1, -0.05) is 12.1 Å². The van der Waals surface area contributed by atoms with E-state index >= 15 is 0 Å². The molecule has 2 N–H and O–H groups in total. The van der Waals surface area contributed by atoms with E-state index in [1.54, 1.807) is 41.0 Å². The molecule has 0 bridgehead atoms. The molecule has 2 atom stereocenters. The van der Waals surface area contributed by atoms with Crippen molar-refractivity contribution in [3.63, 3.8) is 0 Å². The normalized spacial score (nSPS) is 17.6. The van der Waals surface area contributed by atoms with Crippen molar-refractivity contribution in [3.05, 3.63) is 48.2 Å². The maximum Gasteiger partial charge on any atom is 0.263 e. The first kappa shape index (κ1) is 19.3. The van der Waals surface area contributed by atoms with E-state index in [0.717, 1.165) is 17.6 Å². The van der Waals surface area contributed by atoms with Crippen molar-refractivity contribution in [2.75, 3.05) is 19.6 Å². The number of benzene rings is 1. The van der Waals surface area contributed by atoms with Crippen LogP contribution in [0.25, 0.3) is 11.2 Å². The second-order valence-corrected chi connectivity index (χ2v) is 7.09. The predicted molar refractivity (Wildman–Crippen MR) is 105 cm³/mol. The minimum Gasteiger partial charge on any atom is -0.478 e. The summed E-state index contributed by atoms with van der Waals surface area (Å²) in [4.78, 5) is 23.4. The van der Waals surface area contributed by atoms with Crippen molar-refractivity contribution in [1.82, 2.24) is 24.6 Å². The van der Waals surface area contributed by atoms with Gasteiger partial charge in [-0.2, -0.15) is 5.10 Å². The van der Waals surface area contributed by atoms with E-state index in [9.17, 15) is 9.18 Å². The number of ether oxygens (including phenoxy) is 1. The van der Waals surface area contributed by atoms with E-state index < -0.39 is 11.9 Å². The van der Waals surface area contributed by atoms with Crippen LogP contribution in [0, 0.1) is 5.82 Å². The van der Waals surface area contributed by atoms with Crippen molar-refractivity contribution in [2.45, 2.75) is 31.9 Å². The summed E-state index contributed by atoms with van der Waals surface area (Å²) in [6.45, 7) is 3.74. The fraction of sp³-hybridized carbons (Fsp3) is 0.400. The van der Waals surface area contributed by atoms with Crippen LogP contribution < -0.4 is 10.5 Å². The van der Waals surface area contributed by atoms with Crippen LogP contribution in [0.2, 0.25) is 0 Å². The molecule has 4 rings (SSSR count). The molecule has 1 fully saturated rings. The smallest absolute Gasteiger partial charge is 0.263 e. The van der Waals surface area contributed by atoms with Crippen LogP contribution in [0.3, 0.4) is 0 Å². The first-order valence-corrected chi connectivity index (χ1v) is 9.66. The number of halogens is 1. The largest absolute Gasteiger partial charge is 0.478 e. The number of aromatic nitrogens is 4. The lowest BCUT2D eigenvalue weighted by Crippen LogP contribution is -2.39. The Morgan fingerprint density at radius 3 is 2.93 bits per heavy atom. The summed E-state index contributed by atoms with van der Waals surface area (Å²) in [5.74, 6) is -0.529. The van der Waals surface area contributed by atoms with E-state index in [1.165, 1.54) is 12.1 Å². The van der Waals surface area contributed by atoms with Crippen LogP contribution in [0.15, 0.2) is 36.7 Å². The number of likely N-dealkylation sites (tertiary alicyclic amines) is 1. The summed E-state index contributed by atoms with van der Waals surface area (Å²) in [6, 6.07) is 6.07. The summed E-state index contributed by atoms with van der Waals surface area (Å²) in [5.41, 5.74) is 7.96. The van der Waals surface area contributed by atoms with Gasteiger partial charge in [0.25, 0.3) is 5.91 Å². The molecule has 1 aliphatic heterocycles. The van der Waals surface area contributed by atoms with Crippen LogP contribution in [0.5, 0.6) is 5.75 Å². The van der Waals surface area contributed by atoms with E-state index in [0.29, 0.717) is 31.8 Å². The Bertz CT molecular complexity index is 1020. The highest BCUT2D eigenvalue weighted by Gasteiger charge is 2.33. The van der Waals surface area contributed by atoms with Crippen LogP contribution in [-0.4, -0.2) is 56.3 Å². The topological polar surface area (TPSA) is 99.2 Å². The average molecular weight is 398 g/mol. The molecule has 8 nitrogen and oxygen atoms in total. The van der Waals surface area contributed by atoms with Gasteiger partial charge >= 0.3 is 0 Å². The zero-order valence-electron chi connectivity index (χ0n) is 16.2. The maximum atomic E-state index is 13.8. The third-order valence-corrected chi connectivity index (χ3v) is 5.11. The molecular formula is C20H23FN6O2. The minimum atomic E-state index is -0.781. The quantitative estimate of drug-likeness (QED) is 0.679. The SMILES string of the molecule is C[C@@H](Oc1ccccc1F)C(=O)N1CC[C@H](c2nn(CCN)c3nccnc23)C1. The Hall–Kier alpha value is -3.07. The van der Waals surface area contributed by atoms with Gasteiger partial charge in [0.05, 0.1) is 12.2 Å². The summed E-state index contributed by atoms with van der Waals surface area (Å²) >= 11 is 0. The van der Waals surface area contributed by atoms with Gasteiger partial charge in [-0.05, 0) is 25.5 Å². The lowest BCUT2D eigenvalue weighted by Gasteiger charge is -2.21. The molecule has 1 aromatic carbocycles. The standard InChI is InChI=1S/C20H23FN6O2/c1-13(29-16-5-3-2-4-15(16)21)20(28)26-10-6-14(12-26)17-18-19(24-9-8-23-18)27(25-17)11-7-22/h2-5,8-9,13-14H,6-7,10-12,22H2,1H3/t13-,14+/m1/s1. The van der Waals surface area contributed by atoms with Crippen molar-refractivity contribution < 1.29 is 13.9 Å². The zero-order chi connectivity index (χ0) is 20.4. The summed E-state index contributed by atoms with van der Waals surface area (Å²) in [6.07, 6.45) is 3.26. The number of para-hydroxylation sites is 1. The van der Waals surface area contributed by atoms with Crippen molar-refractivity contribution in [2.24, 2.45) is 5.73 Å². The zero-order valence-corrected chi connectivity index (χ0v) is 16.2. The fourth-order valence-corrected chi connectivity index (χ4v) is 3.70. The van der Waals surface area contributed by atoms with E-state index in [4.69, 9.17) is 10.5 Å². The molecule has 1 amide bonds. The molecule has 0 saturated carbocycles. The van der Waals surface area contributed by atoms with E-state index in [2.05, 4.69) is 15.1 Å². The molecule has 0 spiro atoms. The maximum absolute atomic E-state index is 13.8. The number of amides is 1. The third-order valence-electron chi connectivity index (χ3n) is 5.11. The third kappa shape index (κ3) is 3.77. The number of nitrogens with two attached hydrogens (primary N) is 1. The second-order valence-electron chi connectivity index (χ2n) is 7.09. The van der Waals surface area contributed by atoms with E-state index in [-0.39, 0.29) is 17.6 Å². The Balaban J connectivity index is 1.48. The number of hydrogen-bond acceptors (Lipinski definition) is 6. The second kappa shape index (κ2) is 8.12. The molecular weight excluding hydrogens is 375 g/mol. The van der Waals surface area contributed by atoms with Crippen LogP contribution >= 0.6 is 0 Å². The highest BCUT2D eigenvalue weighted by molar-refractivity contribution is 5.81. The van der Waals surface area contributed by atoms with Gasteiger partial charge in [-0.3, -0.25) is 4.79 Å². The molecule has 152 valence electrons. The lowest BCUT2D eigenvalue weighted by atomic mass is 10.0. The van der Waals surface area contributed by atoms with Gasteiger partial charge < -0.3 is 15.4 Å². The van der Waals surface area contributed by atoms with E-state index in [1.807, 2.05) is 0 Å². The molecule has 9 heteroatoms. The molecule has 0 aliphatic carbocycles. The Morgan fingerprint density at radius 1 is 1.34 bits per heavy atom. The average Bonchev–Trinajstić information content (AvgIpc) is 3.35. The van der Waals surface area contributed by atoms with Gasteiger partial charge in [0, 0.05) is 37.9 Å². The number of nitrogens with zero attached hydrogens (tertiary/aromatic N) is 5. The number of rotatable bonds is 6. The van der Waals surface area contributed by atoms with Gasteiger partial charge in [0.1, 0.15) is 5.52 Å². The molecule has 3 aromatic rings. The highest BCUT2D eigenvalue weighted by Crippen LogP contribution is 2.31. The van der Waals surface area contributed by atoms with Crippen molar-refractivity contribution >= 4 is 17.1 Å². The fourth-order valence-electron chi connectivity index (χ4n) is 3.70. The van der Waals surface area contributed by atoms with Crippen LogP contribution in [0.4, 0.5) is 4.39 Å². The monoisotopic (exact) mass is 398 g/mol. The number of carbonyl (C=O) groups is 1. The molecule has 3 heterocycles. The van der Waals surface area contributed by atoms with Crippen molar-refractivity contribution in [3.8, 4) is 5.75 Å².